The van der Waals surface area contributed by atoms with Crippen LogP contribution in [-0.4, -0.2) is 22.3 Å². The number of aliphatic hydroxyl groups excluding tert-OH is 1. The van der Waals surface area contributed by atoms with Gasteiger partial charge in [0.15, 0.2) is 6.29 Å². The number of ether oxygens (including phenoxy) is 1. The van der Waals surface area contributed by atoms with Crippen molar-refractivity contribution >= 4 is 10.9 Å². The van der Waals surface area contributed by atoms with Gasteiger partial charge in [0.25, 0.3) is 0 Å². The third kappa shape index (κ3) is 1.34. The summed E-state index contributed by atoms with van der Waals surface area (Å²) < 4.78 is 5.14. The summed E-state index contributed by atoms with van der Waals surface area (Å²) in [4.78, 5) is 2.89. The molecule has 0 atom stereocenters. The van der Waals surface area contributed by atoms with E-state index in [1.165, 1.54) is 0 Å². The Balaban J connectivity index is 2.64. The fourth-order valence-electron chi connectivity index (χ4n) is 1.47. The van der Waals surface area contributed by atoms with Gasteiger partial charge in [-0.2, -0.15) is 0 Å². The molecule has 4 heteroatoms. The van der Waals surface area contributed by atoms with Crippen LogP contribution in [-0.2, 0) is 0 Å². The summed E-state index contributed by atoms with van der Waals surface area (Å²) in [5.41, 5.74) is 1.19. The van der Waals surface area contributed by atoms with Crippen LogP contribution in [0.15, 0.2) is 24.3 Å². The molecular formula is C10H11NO3. The molecule has 3 N–H and O–H groups in total. The van der Waals surface area contributed by atoms with Gasteiger partial charge in [-0.15, -0.1) is 0 Å². The summed E-state index contributed by atoms with van der Waals surface area (Å²) in [7, 11) is 1.58. The van der Waals surface area contributed by atoms with Crippen LogP contribution in [0.3, 0.4) is 0 Å². The van der Waals surface area contributed by atoms with Crippen molar-refractivity contribution in [2.24, 2.45) is 0 Å². The molecule has 1 aromatic carbocycles. The van der Waals surface area contributed by atoms with Crippen LogP contribution in [0.4, 0.5) is 0 Å². The van der Waals surface area contributed by atoms with Gasteiger partial charge in [0.2, 0.25) is 0 Å². The van der Waals surface area contributed by atoms with E-state index in [-0.39, 0.29) is 0 Å². The Morgan fingerprint density at radius 2 is 2.14 bits per heavy atom. The standard InChI is InChI=1S/C10H11NO3/c1-14-9-4-2-3-7-6(9)5-8(11-7)10(12)13/h2-5,10-13H,1H3. The Kier molecular flexibility index (Phi) is 2.15. The molecule has 0 aliphatic carbocycles. The molecule has 0 spiro atoms. The van der Waals surface area contributed by atoms with Gasteiger partial charge >= 0.3 is 0 Å². The molecule has 0 saturated carbocycles. The molecule has 74 valence electrons. The van der Waals surface area contributed by atoms with Gasteiger partial charge in [-0.3, -0.25) is 0 Å². The van der Waals surface area contributed by atoms with E-state index in [2.05, 4.69) is 4.98 Å². The number of rotatable bonds is 2. The number of aromatic amines is 1. The first-order chi connectivity index (χ1) is 6.72. The average Bonchev–Trinajstić information content (AvgIpc) is 2.60. The molecule has 0 unspecified atom stereocenters. The number of fused-ring (bicyclic) bond motifs is 1. The molecule has 0 radical (unpaired) electrons. The first-order valence-electron chi connectivity index (χ1n) is 4.24. The van der Waals surface area contributed by atoms with Crippen molar-refractivity contribution in [2.45, 2.75) is 6.29 Å². The molecule has 0 amide bonds. The SMILES string of the molecule is COc1cccc2[nH]c(C(O)O)cc12. The molecule has 0 bridgehead atoms. The zero-order chi connectivity index (χ0) is 10.1. The number of nitrogens with one attached hydrogen (secondary N) is 1. The summed E-state index contributed by atoms with van der Waals surface area (Å²) in [5.74, 6) is 0.714. The van der Waals surface area contributed by atoms with Crippen molar-refractivity contribution in [2.75, 3.05) is 7.11 Å². The highest BCUT2D eigenvalue weighted by Crippen LogP contribution is 2.27. The van der Waals surface area contributed by atoms with E-state index in [1.807, 2.05) is 18.2 Å². The summed E-state index contributed by atoms with van der Waals surface area (Å²) >= 11 is 0. The minimum Gasteiger partial charge on any atom is -0.496 e. The molecule has 14 heavy (non-hydrogen) atoms. The van der Waals surface area contributed by atoms with Gasteiger partial charge < -0.3 is 19.9 Å². The van der Waals surface area contributed by atoms with Gasteiger partial charge in [0, 0.05) is 10.9 Å². The summed E-state index contributed by atoms with van der Waals surface area (Å²) in [5, 5.41) is 18.8. The van der Waals surface area contributed by atoms with Gasteiger partial charge in [0.1, 0.15) is 5.75 Å². The maximum atomic E-state index is 8.97. The van der Waals surface area contributed by atoms with Crippen molar-refractivity contribution < 1.29 is 14.9 Å². The highest BCUT2D eigenvalue weighted by Gasteiger charge is 2.09. The number of H-pyrrole nitrogens is 1. The predicted molar refractivity (Wildman–Crippen MR) is 52.0 cm³/mol. The number of aromatic nitrogens is 1. The molecule has 0 saturated heterocycles. The summed E-state index contributed by atoms with van der Waals surface area (Å²) in [6.07, 6.45) is -1.48. The van der Waals surface area contributed by atoms with E-state index in [4.69, 9.17) is 14.9 Å². The van der Waals surface area contributed by atoms with E-state index in [1.54, 1.807) is 13.2 Å². The number of hydrogen-bond donors (Lipinski definition) is 3. The number of hydrogen-bond acceptors (Lipinski definition) is 3. The van der Waals surface area contributed by atoms with Crippen molar-refractivity contribution in [3.05, 3.63) is 30.0 Å². The third-order valence-corrected chi connectivity index (χ3v) is 2.14. The fourth-order valence-corrected chi connectivity index (χ4v) is 1.47. The maximum absolute atomic E-state index is 8.97. The largest absolute Gasteiger partial charge is 0.496 e. The predicted octanol–water partition coefficient (Wildman–Crippen LogP) is 1.16. The highest BCUT2D eigenvalue weighted by molar-refractivity contribution is 5.86. The molecule has 2 rings (SSSR count). The van der Waals surface area contributed by atoms with E-state index in [9.17, 15) is 0 Å². The van der Waals surface area contributed by atoms with Crippen LogP contribution < -0.4 is 4.74 Å². The Bertz CT molecular complexity index is 448. The Hall–Kier alpha value is -1.52. The lowest BCUT2D eigenvalue weighted by molar-refractivity contribution is -0.0453. The first kappa shape index (κ1) is 9.05. The minimum absolute atomic E-state index is 0.365. The highest BCUT2D eigenvalue weighted by atomic mass is 16.5. The Morgan fingerprint density at radius 3 is 2.79 bits per heavy atom. The second kappa shape index (κ2) is 3.32. The quantitative estimate of drug-likeness (QED) is 0.627. The topological polar surface area (TPSA) is 65.5 Å². The third-order valence-electron chi connectivity index (χ3n) is 2.14. The van der Waals surface area contributed by atoms with Crippen molar-refractivity contribution in [3.63, 3.8) is 0 Å². The van der Waals surface area contributed by atoms with Gasteiger partial charge in [0.05, 0.1) is 12.8 Å². The zero-order valence-corrected chi connectivity index (χ0v) is 7.69. The van der Waals surface area contributed by atoms with Gasteiger partial charge in [-0.1, -0.05) is 6.07 Å². The Labute approximate surface area is 80.8 Å². The van der Waals surface area contributed by atoms with Crippen LogP contribution in [0.2, 0.25) is 0 Å². The average molecular weight is 193 g/mol. The van der Waals surface area contributed by atoms with E-state index in [0.29, 0.717) is 11.4 Å². The van der Waals surface area contributed by atoms with Crippen molar-refractivity contribution in [3.8, 4) is 5.75 Å². The van der Waals surface area contributed by atoms with E-state index < -0.39 is 6.29 Å². The summed E-state index contributed by atoms with van der Waals surface area (Å²) in [6, 6.07) is 7.18. The van der Waals surface area contributed by atoms with Crippen LogP contribution in [0, 0.1) is 0 Å². The minimum atomic E-state index is -1.48. The number of aliphatic hydroxyl groups is 2. The van der Waals surface area contributed by atoms with Crippen molar-refractivity contribution in [1.29, 1.82) is 0 Å². The zero-order valence-electron chi connectivity index (χ0n) is 7.69. The van der Waals surface area contributed by atoms with Crippen LogP contribution in [0.25, 0.3) is 10.9 Å². The van der Waals surface area contributed by atoms with E-state index >= 15 is 0 Å². The lowest BCUT2D eigenvalue weighted by Gasteiger charge is -1.99. The van der Waals surface area contributed by atoms with Gasteiger partial charge in [-0.25, -0.2) is 0 Å². The Morgan fingerprint density at radius 1 is 1.36 bits per heavy atom. The van der Waals surface area contributed by atoms with Crippen LogP contribution in [0.1, 0.15) is 12.0 Å². The lowest BCUT2D eigenvalue weighted by Crippen LogP contribution is -1.93. The number of methoxy groups -OCH3 is 1. The molecule has 4 nitrogen and oxygen atoms in total. The van der Waals surface area contributed by atoms with Crippen LogP contribution in [0.5, 0.6) is 5.75 Å². The fraction of sp³-hybridized carbons (Fsp3) is 0.200. The monoisotopic (exact) mass is 193 g/mol. The maximum Gasteiger partial charge on any atom is 0.193 e. The molecule has 0 aliphatic rings. The lowest BCUT2D eigenvalue weighted by atomic mass is 10.2. The first-order valence-corrected chi connectivity index (χ1v) is 4.24. The molecule has 0 aliphatic heterocycles. The number of benzene rings is 1. The van der Waals surface area contributed by atoms with Crippen LogP contribution >= 0.6 is 0 Å². The molecule has 1 heterocycles. The van der Waals surface area contributed by atoms with E-state index in [0.717, 1.165) is 10.9 Å². The second-order valence-electron chi connectivity index (χ2n) is 3.02. The smallest absolute Gasteiger partial charge is 0.193 e. The summed E-state index contributed by atoms with van der Waals surface area (Å²) in [6.45, 7) is 0. The second-order valence-corrected chi connectivity index (χ2v) is 3.02. The molecule has 0 fully saturated rings. The molecular weight excluding hydrogens is 182 g/mol. The van der Waals surface area contributed by atoms with Gasteiger partial charge in [-0.05, 0) is 18.2 Å². The normalized spacial score (nSPS) is 11.1. The molecule has 1 aromatic heterocycles. The molecule has 2 aromatic rings. The van der Waals surface area contributed by atoms with Crippen molar-refractivity contribution in [1.82, 2.24) is 4.98 Å².